The Bertz CT molecular complexity index is 573. The van der Waals surface area contributed by atoms with Crippen molar-refractivity contribution in [1.29, 1.82) is 0 Å². The average Bonchev–Trinajstić information content (AvgIpc) is 2.67. The van der Waals surface area contributed by atoms with Crippen LogP contribution in [0.3, 0.4) is 0 Å². The van der Waals surface area contributed by atoms with Gasteiger partial charge in [0.1, 0.15) is 4.90 Å². The van der Waals surface area contributed by atoms with Gasteiger partial charge in [-0.3, -0.25) is 0 Å². The molecule has 0 aliphatic carbocycles. The number of fused-ring (bicyclic) bond motifs is 2. The number of nitrogen functional groups attached to an aromatic ring is 1. The largest absolute Gasteiger partial charge is 0.398 e. The lowest BCUT2D eigenvalue weighted by atomic mass is 10.2. The van der Waals surface area contributed by atoms with E-state index in [-0.39, 0.29) is 27.8 Å². The van der Waals surface area contributed by atoms with E-state index in [0.717, 1.165) is 12.8 Å². The first-order chi connectivity index (χ1) is 8.98. The van der Waals surface area contributed by atoms with Crippen LogP contribution in [0, 0.1) is 0 Å². The van der Waals surface area contributed by atoms with Crippen LogP contribution in [0.4, 0.5) is 5.69 Å². The summed E-state index contributed by atoms with van der Waals surface area (Å²) in [5.74, 6) is 0. The molecule has 3 rings (SSSR count). The Labute approximate surface area is 117 Å². The van der Waals surface area contributed by atoms with Crippen LogP contribution in [0.15, 0.2) is 23.1 Å². The van der Waals surface area contributed by atoms with Crippen LogP contribution in [0.1, 0.15) is 12.8 Å². The molecule has 2 N–H and O–H groups in total. The molecule has 19 heavy (non-hydrogen) atoms. The Hall–Kier alpha value is -0.820. The van der Waals surface area contributed by atoms with E-state index in [0.29, 0.717) is 13.1 Å². The molecule has 2 aliphatic rings. The third-order valence-corrected chi connectivity index (χ3v) is 5.98. The summed E-state index contributed by atoms with van der Waals surface area (Å²) in [4.78, 5) is 0.0120. The molecule has 0 saturated carbocycles. The van der Waals surface area contributed by atoms with Gasteiger partial charge in [0.25, 0.3) is 0 Å². The number of nitrogens with two attached hydrogens (primary N) is 1. The topological polar surface area (TPSA) is 72.6 Å². The quantitative estimate of drug-likeness (QED) is 0.840. The zero-order valence-corrected chi connectivity index (χ0v) is 11.8. The molecule has 104 valence electrons. The summed E-state index contributed by atoms with van der Waals surface area (Å²) < 4.78 is 32.4. The van der Waals surface area contributed by atoms with Crippen molar-refractivity contribution >= 4 is 27.3 Å². The molecule has 1 aromatic carbocycles. The maximum Gasteiger partial charge on any atom is 0.246 e. The van der Waals surface area contributed by atoms with E-state index < -0.39 is 10.0 Å². The minimum atomic E-state index is -3.65. The van der Waals surface area contributed by atoms with Gasteiger partial charge in [-0.05, 0) is 25.0 Å². The lowest BCUT2D eigenvalue weighted by Crippen LogP contribution is -2.45. The number of anilines is 1. The van der Waals surface area contributed by atoms with Gasteiger partial charge in [-0.15, -0.1) is 0 Å². The van der Waals surface area contributed by atoms with Gasteiger partial charge in [-0.2, -0.15) is 4.31 Å². The van der Waals surface area contributed by atoms with Crippen LogP contribution in [0.2, 0.25) is 5.02 Å². The summed E-state index contributed by atoms with van der Waals surface area (Å²) in [5.41, 5.74) is 5.96. The number of halogens is 1. The van der Waals surface area contributed by atoms with Gasteiger partial charge >= 0.3 is 0 Å². The van der Waals surface area contributed by atoms with Crippen molar-refractivity contribution in [2.24, 2.45) is 0 Å². The molecule has 1 aromatic rings. The minimum Gasteiger partial charge on any atom is -0.398 e. The third kappa shape index (κ3) is 2.23. The summed E-state index contributed by atoms with van der Waals surface area (Å²) >= 11 is 6.00. The molecule has 0 radical (unpaired) electrons. The predicted molar refractivity (Wildman–Crippen MR) is 72.5 cm³/mol. The lowest BCUT2D eigenvalue weighted by molar-refractivity contribution is -0.0114. The van der Waals surface area contributed by atoms with Crippen molar-refractivity contribution in [2.75, 3.05) is 18.8 Å². The molecule has 2 unspecified atom stereocenters. The Morgan fingerprint density at radius 1 is 1.26 bits per heavy atom. The average molecular weight is 303 g/mol. The number of benzene rings is 1. The highest BCUT2D eigenvalue weighted by molar-refractivity contribution is 7.89. The number of ether oxygens (including phenoxy) is 1. The number of rotatable bonds is 2. The van der Waals surface area contributed by atoms with Crippen molar-refractivity contribution in [1.82, 2.24) is 4.31 Å². The van der Waals surface area contributed by atoms with Gasteiger partial charge in [0.15, 0.2) is 0 Å². The van der Waals surface area contributed by atoms with E-state index in [9.17, 15) is 8.42 Å². The second kappa shape index (κ2) is 4.63. The fourth-order valence-electron chi connectivity index (χ4n) is 2.70. The van der Waals surface area contributed by atoms with Crippen LogP contribution in [-0.2, 0) is 14.8 Å². The first-order valence-electron chi connectivity index (χ1n) is 6.18. The maximum atomic E-state index is 12.7. The molecule has 0 amide bonds. The van der Waals surface area contributed by atoms with Crippen molar-refractivity contribution in [3.05, 3.63) is 23.2 Å². The van der Waals surface area contributed by atoms with Crippen LogP contribution >= 0.6 is 11.6 Å². The summed E-state index contributed by atoms with van der Waals surface area (Å²) in [5, 5.41) is 0.166. The smallest absolute Gasteiger partial charge is 0.246 e. The zero-order chi connectivity index (χ0) is 13.6. The van der Waals surface area contributed by atoms with Crippen molar-refractivity contribution < 1.29 is 13.2 Å². The second-order valence-electron chi connectivity index (χ2n) is 4.94. The van der Waals surface area contributed by atoms with E-state index in [1.165, 1.54) is 4.31 Å². The van der Waals surface area contributed by atoms with E-state index in [1.54, 1.807) is 18.2 Å². The third-order valence-electron chi connectivity index (χ3n) is 3.61. The van der Waals surface area contributed by atoms with Crippen molar-refractivity contribution in [3.63, 3.8) is 0 Å². The molecule has 2 saturated heterocycles. The number of sulfonamides is 1. The molecule has 2 fully saturated rings. The standard InChI is InChI=1S/C12H15ClN2O3S/c13-10-2-1-3-11(14)12(10)19(16,17)15-6-8-4-5-9(7-15)18-8/h1-3,8-9H,4-7,14H2. The van der Waals surface area contributed by atoms with Gasteiger partial charge in [0, 0.05) is 13.1 Å². The van der Waals surface area contributed by atoms with Gasteiger partial charge in [0.05, 0.1) is 22.9 Å². The first-order valence-corrected chi connectivity index (χ1v) is 8.00. The Kier molecular flexibility index (Phi) is 3.21. The Morgan fingerprint density at radius 2 is 1.89 bits per heavy atom. The van der Waals surface area contributed by atoms with Gasteiger partial charge in [-0.1, -0.05) is 17.7 Å². The molecule has 2 atom stereocenters. The highest BCUT2D eigenvalue weighted by atomic mass is 35.5. The van der Waals surface area contributed by atoms with Crippen molar-refractivity contribution in [3.8, 4) is 0 Å². The summed E-state index contributed by atoms with van der Waals surface area (Å²) in [6.45, 7) is 0.757. The molecular formula is C12H15ClN2O3S. The summed E-state index contributed by atoms with van der Waals surface area (Å²) in [7, 11) is -3.65. The monoisotopic (exact) mass is 302 g/mol. The highest BCUT2D eigenvalue weighted by Crippen LogP contribution is 2.34. The van der Waals surface area contributed by atoms with E-state index in [1.807, 2.05) is 0 Å². The lowest BCUT2D eigenvalue weighted by Gasteiger charge is -2.31. The van der Waals surface area contributed by atoms with Gasteiger partial charge in [-0.25, -0.2) is 8.42 Å². The molecular weight excluding hydrogens is 288 g/mol. The maximum absolute atomic E-state index is 12.7. The molecule has 2 bridgehead atoms. The Balaban J connectivity index is 1.99. The summed E-state index contributed by atoms with van der Waals surface area (Å²) in [6, 6.07) is 4.73. The predicted octanol–water partition coefficient (Wildman–Crippen LogP) is 1.47. The molecule has 0 spiro atoms. The van der Waals surface area contributed by atoms with E-state index in [2.05, 4.69) is 0 Å². The van der Waals surface area contributed by atoms with E-state index in [4.69, 9.17) is 22.1 Å². The zero-order valence-electron chi connectivity index (χ0n) is 10.3. The van der Waals surface area contributed by atoms with Gasteiger partial charge < -0.3 is 10.5 Å². The number of hydrogen-bond donors (Lipinski definition) is 1. The Morgan fingerprint density at radius 3 is 2.47 bits per heavy atom. The van der Waals surface area contributed by atoms with Crippen LogP contribution in [0.25, 0.3) is 0 Å². The highest BCUT2D eigenvalue weighted by Gasteiger charge is 2.40. The fourth-order valence-corrected chi connectivity index (χ4v) is 4.84. The molecule has 2 aliphatic heterocycles. The van der Waals surface area contributed by atoms with E-state index >= 15 is 0 Å². The molecule has 0 aromatic heterocycles. The van der Waals surface area contributed by atoms with Crippen LogP contribution in [0.5, 0.6) is 0 Å². The minimum absolute atomic E-state index is 0.00256. The SMILES string of the molecule is Nc1cccc(Cl)c1S(=O)(=O)N1CC2CCC(C1)O2. The number of nitrogens with zero attached hydrogens (tertiary/aromatic N) is 1. The fraction of sp³-hybridized carbons (Fsp3) is 0.500. The number of morpholine rings is 1. The summed E-state index contributed by atoms with van der Waals surface area (Å²) in [6.07, 6.45) is 1.82. The molecule has 2 heterocycles. The van der Waals surface area contributed by atoms with Crippen LogP contribution < -0.4 is 5.73 Å². The second-order valence-corrected chi connectivity index (χ2v) is 7.22. The molecule has 5 nitrogen and oxygen atoms in total. The van der Waals surface area contributed by atoms with Gasteiger partial charge in [0.2, 0.25) is 10.0 Å². The molecule has 7 heteroatoms. The van der Waals surface area contributed by atoms with Crippen LogP contribution in [-0.4, -0.2) is 38.0 Å². The first kappa shape index (κ1) is 13.2. The normalized spacial score (nSPS) is 27.6. The van der Waals surface area contributed by atoms with Crippen molar-refractivity contribution in [2.45, 2.75) is 29.9 Å². The number of hydrogen-bond acceptors (Lipinski definition) is 4.